The first-order chi connectivity index (χ1) is 19.3. The molecule has 8 heteroatoms. The summed E-state index contributed by atoms with van der Waals surface area (Å²) in [5, 5.41) is 11.8. The number of piperidine rings is 1. The Morgan fingerprint density at radius 2 is 1.67 bits per heavy atom. The number of pyridine rings is 1. The molecule has 0 unspecified atom stereocenters. The van der Waals surface area contributed by atoms with Crippen LogP contribution in [0.1, 0.15) is 12.8 Å². The highest BCUT2D eigenvalue weighted by Gasteiger charge is 2.15. The van der Waals surface area contributed by atoms with Crippen molar-refractivity contribution < 1.29 is 4.74 Å². The van der Waals surface area contributed by atoms with Crippen LogP contribution in [0.25, 0.3) is 33.3 Å². The fraction of sp³-hybridized carbons (Fsp3) is 0.290. The van der Waals surface area contributed by atoms with E-state index in [-0.39, 0.29) is 0 Å². The zero-order chi connectivity index (χ0) is 26.0. The van der Waals surface area contributed by atoms with Gasteiger partial charge in [-0.2, -0.15) is 0 Å². The van der Waals surface area contributed by atoms with Gasteiger partial charge in [0, 0.05) is 59.0 Å². The lowest BCUT2D eigenvalue weighted by atomic mass is 10.1. The van der Waals surface area contributed by atoms with Gasteiger partial charge in [0.1, 0.15) is 5.82 Å². The first-order valence-corrected chi connectivity index (χ1v) is 13.8. The highest BCUT2D eigenvalue weighted by atomic mass is 16.5. The first-order valence-electron chi connectivity index (χ1n) is 13.8. The minimum absolute atomic E-state index is 0.519. The van der Waals surface area contributed by atoms with Crippen LogP contribution >= 0.6 is 0 Å². The summed E-state index contributed by atoms with van der Waals surface area (Å²) < 4.78 is 5.53. The lowest BCUT2D eigenvalue weighted by molar-refractivity contribution is 0.122. The molecule has 5 aromatic rings. The van der Waals surface area contributed by atoms with E-state index in [9.17, 15) is 0 Å². The molecule has 198 valence electrons. The maximum Gasteiger partial charge on any atom is 0.138 e. The Hall–Kier alpha value is -4.14. The SMILES string of the molecule is c1cc(Nc2ccc(-c3nc4cc(NC5CCNCC5)ccc4[nH]3)cc2)c2cc(N3CCOCC3)ccc2n1. The van der Waals surface area contributed by atoms with Crippen molar-refractivity contribution in [2.75, 3.05) is 54.9 Å². The van der Waals surface area contributed by atoms with Crippen LogP contribution in [-0.4, -0.2) is 60.4 Å². The fourth-order valence-corrected chi connectivity index (χ4v) is 5.56. The number of morpholine rings is 1. The van der Waals surface area contributed by atoms with Gasteiger partial charge in [0.15, 0.2) is 0 Å². The highest BCUT2D eigenvalue weighted by Crippen LogP contribution is 2.31. The van der Waals surface area contributed by atoms with Gasteiger partial charge in [-0.3, -0.25) is 4.98 Å². The van der Waals surface area contributed by atoms with E-state index in [0.29, 0.717) is 6.04 Å². The number of nitrogens with one attached hydrogen (secondary N) is 4. The monoisotopic (exact) mass is 519 g/mol. The molecule has 0 bridgehead atoms. The number of hydrogen-bond acceptors (Lipinski definition) is 7. The number of benzene rings is 3. The second-order valence-corrected chi connectivity index (χ2v) is 10.3. The molecule has 3 aromatic carbocycles. The molecule has 2 aromatic heterocycles. The van der Waals surface area contributed by atoms with Gasteiger partial charge in [0.05, 0.1) is 29.8 Å². The maximum atomic E-state index is 5.53. The second-order valence-electron chi connectivity index (χ2n) is 10.3. The summed E-state index contributed by atoms with van der Waals surface area (Å²) in [4.78, 5) is 15.3. The Morgan fingerprint density at radius 3 is 2.51 bits per heavy atom. The van der Waals surface area contributed by atoms with Crippen LogP contribution in [0.3, 0.4) is 0 Å². The number of ether oxygens (including phenoxy) is 1. The third kappa shape index (κ3) is 5.13. The van der Waals surface area contributed by atoms with Crippen molar-refractivity contribution in [2.45, 2.75) is 18.9 Å². The molecule has 0 atom stereocenters. The van der Waals surface area contributed by atoms with E-state index in [0.717, 1.165) is 103 Å². The number of nitrogens with zero attached hydrogens (tertiary/aromatic N) is 3. The van der Waals surface area contributed by atoms with Crippen molar-refractivity contribution in [3.63, 3.8) is 0 Å². The molecule has 0 aliphatic carbocycles. The second kappa shape index (κ2) is 10.6. The first kappa shape index (κ1) is 23.9. The van der Waals surface area contributed by atoms with Crippen LogP contribution in [0.4, 0.5) is 22.7 Å². The maximum absolute atomic E-state index is 5.53. The summed E-state index contributed by atoms with van der Waals surface area (Å²) in [6.07, 6.45) is 4.15. The fourth-order valence-electron chi connectivity index (χ4n) is 5.56. The van der Waals surface area contributed by atoms with Crippen LogP contribution < -0.4 is 20.9 Å². The third-order valence-electron chi connectivity index (χ3n) is 7.73. The van der Waals surface area contributed by atoms with Gasteiger partial charge < -0.3 is 30.6 Å². The van der Waals surface area contributed by atoms with Gasteiger partial charge in [-0.15, -0.1) is 0 Å². The molecule has 8 nitrogen and oxygen atoms in total. The summed E-state index contributed by atoms with van der Waals surface area (Å²) in [5.41, 5.74) is 8.45. The van der Waals surface area contributed by atoms with Crippen molar-refractivity contribution in [1.29, 1.82) is 0 Å². The van der Waals surface area contributed by atoms with E-state index in [1.807, 2.05) is 12.3 Å². The summed E-state index contributed by atoms with van der Waals surface area (Å²) in [6.45, 7) is 5.50. The standard InChI is InChI=1S/C31H33N7O/c1-3-22(35-28-11-14-33-27-8-6-25(20-26(27)28)38-15-17-39-18-16-38)4-2-21(1)31-36-29-7-5-24(19-30(29)37-31)34-23-9-12-32-13-10-23/h1-8,11,14,19-20,23,32,34H,9-10,12-13,15-18H2,(H,33,35)(H,36,37). The molecule has 0 spiro atoms. The number of fused-ring (bicyclic) bond motifs is 2. The van der Waals surface area contributed by atoms with Crippen molar-refractivity contribution in [3.05, 3.63) is 72.9 Å². The number of H-pyrrole nitrogens is 1. The van der Waals surface area contributed by atoms with Crippen LogP contribution in [-0.2, 0) is 4.74 Å². The normalized spacial score (nSPS) is 16.6. The van der Waals surface area contributed by atoms with Crippen LogP contribution in [0.15, 0.2) is 72.9 Å². The van der Waals surface area contributed by atoms with Crippen molar-refractivity contribution in [2.24, 2.45) is 0 Å². The van der Waals surface area contributed by atoms with Crippen molar-refractivity contribution in [3.8, 4) is 11.4 Å². The molecule has 0 amide bonds. The van der Waals surface area contributed by atoms with E-state index >= 15 is 0 Å². The van der Waals surface area contributed by atoms with Gasteiger partial charge in [-0.25, -0.2) is 4.98 Å². The quantitative estimate of drug-likeness (QED) is 0.235. The lowest BCUT2D eigenvalue weighted by Gasteiger charge is -2.29. The molecule has 7 rings (SSSR count). The molecule has 0 saturated carbocycles. The Kier molecular flexibility index (Phi) is 6.48. The summed E-state index contributed by atoms with van der Waals surface area (Å²) in [7, 11) is 0. The van der Waals surface area contributed by atoms with Crippen molar-refractivity contribution in [1.82, 2.24) is 20.3 Å². The smallest absolute Gasteiger partial charge is 0.138 e. The van der Waals surface area contributed by atoms with E-state index < -0.39 is 0 Å². The van der Waals surface area contributed by atoms with Gasteiger partial charge in [-0.1, -0.05) is 0 Å². The average molecular weight is 520 g/mol. The Bertz CT molecular complexity index is 1580. The van der Waals surface area contributed by atoms with E-state index in [1.54, 1.807) is 0 Å². The molecule has 2 saturated heterocycles. The van der Waals surface area contributed by atoms with E-state index in [4.69, 9.17) is 9.72 Å². The molecular weight excluding hydrogens is 486 g/mol. The third-order valence-corrected chi connectivity index (χ3v) is 7.73. The van der Waals surface area contributed by atoms with Gasteiger partial charge in [-0.05, 0) is 92.7 Å². The molecule has 4 N–H and O–H groups in total. The molecular formula is C31H33N7O. The largest absolute Gasteiger partial charge is 0.382 e. The van der Waals surface area contributed by atoms with E-state index in [1.165, 1.54) is 5.69 Å². The zero-order valence-electron chi connectivity index (χ0n) is 21.9. The molecule has 4 heterocycles. The average Bonchev–Trinajstić information content (AvgIpc) is 3.42. The molecule has 2 aliphatic rings. The van der Waals surface area contributed by atoms with Gasteiger partial charge >= 0.3 is 0 Å². The van der Waals surface area contributed by atoms with Crippen molar-refractivity contribution >= 4 is 44.7 Å². The summed E-state index contributed by atoms with van der Waals surface area (Å²) in [6, 6.07) is 23.9. The highest BCUT2D eigenvalue weighted by molar-refractivity contribution is 5.95. The summed E-state index contributed by atoms with van der Waals surface area (Å²) >= 11 is 0. The summed E-state index contributed by atoms with van der Waals surface area (Å²) in [5.74, 6) is 0.875. The lowest BCUT2D eigenvalue weighted by Crippen LogP contribution is -2.36. The molecule has 39 heavy (non-hydrogen) atoms. The predicted molar refractivity (Wildman–Crippen MR) is 159 cm³/mol. The Balaban J connectivity index is 1.09. The Morgan fingerprint density at radius 1 is 0.846 bits per heavy atom. The van der Waals surface area contributed by atoms with E-state index in [2.05, 4.69) is 91.5 Å². The minimum Gasteiger partial charge on any atom is -0.382 e. The number of rotatable bonds is 6. The van der Waals surface area contributed by atoms with Gasteiger partial charge in [0.25, 0.3) is 0 Å². The van der Waals surface area contributed by atoms with Crippen LogP contribution in [0.2, 0.25) is 0 Å². The van der Waals surface area contributed by atoms with Crippen LogP contribution in [0.5, 0.6) is 0 Å². The molecule has 0 radical (unpaired) electrons. The minimum atomic E-state index is 0.519. The zero-order valence-corrected chi connectivity index (χ0v) is 21.9. The number of aromatic amines is 1. The van der Waals surface area contributed by atoms with Gasteiger partial charge in [0.2, 0.25) is 0 Å². The molecule has 2 aliphatic heterocycles. The number of hydrogen-bond donors (Lipinski definition) is 4. The number of anilines is 4. The number of imidazole rings is 1. The molecule has 2 fully saturated rings. The number of aromatic nitrogens is 3. The van der Waals surface area contributed by atoms with Crippen LogP contribution in [0, 0.1) is 0 Å². The topological polar surface area (TPSA) is 90.1 Å². The predicted octanol–water partition coefficient (Wildman–Crippen LogP) is 5.52. The Labute approximate surface area is 227 Å².